The molecule has 4 rings (SSSR count). The van der Waals surface area contributed by atoms with E-state index < -0.39 is 0 Å². The van der Waals surface area contributed by atoms with Crippen molar-refractivity contribution in [2.45, 2.75) is 65.3 Å². The predicted molar refractivity (Wildman–Crippen MR) is 124 cm³/mol. The number of tetrazole rings is 1. The number of pyridine rings is 1. The number of rotatable bonds is 8. The highest BCUT2D eigenvalue weighted by Crippen LogP contribution is 2.29. The van der Waals surface area contributed by atoms with Gasteiger partial charge in [0.05, 0.1) is 6.54 Å². The number of aromatic amines is 1. The van der Waals surface area contributed by atoms with Crippen molar-refractivity contribution in [1.82, 2.24) is 40.4 Å². The largest absolute Gasteiger partial charge is 0.264 e. The summed E-state index contributed by atoms with van der Waals surface area (Å²) in [6, 6.07) is 10.4. The van der Waals surface area contributed by atoms with Gasteiger partial charge in [-0.25, -0.2) is 14.8 Å². The SMILES string of the molecule is CCCCCc1nc(C(C)(C)C)nn1Cc1ccc(-c2cnccc2-c2nnn[nH]2)cc1. The summed E-state index contributed by atoms with van der Waals surface area (Å²) >= 11 is 0. The van der Waals surface area contributed by atoms with Crippen LogP contribution in [-0.2, 0) is 18.4 Å². The van der Waals surface area contributed by atoms with E-state index in [-0.39, 0.29) is 5.41 Å². The van der Waals surface area contributed by atoms with Crippen molar-refractivity contribution in [3.8, 4) is 22.5 Å². The van der Waals surface area contributed by atoms with Gasteiger partial charge in [-0.05, 0) is 34.0 Å². The van der Waals surface area contributed by atoms with Gasteiger partial charge < -0.3 is 0 Å². The third kappa shape index (κ3) is 4.90. The Balaban J connectivity index is 1.58. The van der Waals surface area contributed by atoms with Crippen LogP contribution in [0, 0.1) is 0 Å². The molecule has 3 heterocycles. The van der Waals surface area contributed by atoms with Gasteiger partial charge in [-0.15, -0.1) is 5.10 Å². The topological polar surface area (TPSA) is 98.1 Å². The van der Waals surface area contributed by atoms with Gasteiger partial charge in [-0.3, -0.25) is 4.98 Å². The van der Waals surface area contributed by atoms with Gasteiger partial charge in [0.25, 0.3) is 0 Å². The first-order chi connectivity index (χ1) is 15.5. The fourth-order valence-corrected chi connectivity index (χ4v) is 3.60. The lowest BCUT2D eigenvalue weighted by Gasteiger charge is -2.12. The second-order valence-corrected chi connectivity index (χ2v) is 9.08. The molecule has 3 aromatic heterocycles. The molecule has 0 bridgehead atoms. The maximum Gasteiger partial charge on any atom is 0.180 e. The molecule has 0 spiro atoms. The molecule has 4 aromatic rings. The normalized spacial score (nSPS) is 11.8. The van der Waals surface area contributed by atoms with Crippen LogP contribution < -0.4 is 0 Å². The average molecular weight is 431 g/mol. The van der Waals surface area contributed by atoms with E-state index in [1.54, 1.807) is 6.20 Å². The van der Waals surface area contributed by atoms with Crippen LogP contribution in [0.15, 0.2) is 42.7 Å². The van der Waals surface area contributed by atoms with Crippen LogP contribution in [0.4, 0.5) is 0 Å². The van der Waals surface area contributed by atoms with Crippen molar-refractivity contribution in [2.24, 2.45) is 0 Å². The first-order valence-corrected chi connectivity index (χ1v) is 11.2. The molecule has 0 aliphatic carbocycles. The smallest absolute Gasteiger partial charge is 0.180 e. The van der Waals surface area contributed by atoms with Crippen LogP contribution in [0.1, 0.15) is 64.2 Å². The Kier molecular flexibility index (Phi) is 6.39. The summed E-state index contributed by atoms with van der Waals surface area (Å²) in [5.41, 5.74) is 4.07. The Morgan fingerprint density at radius 1 is 1.00 bits per heavy atom. The van der Waals surface area contributed by atoms with Crippen molar-refractivity contribution < 1.29 is 0 Å². The Morgan fingerprint density at radius 3 is 2.50 bits per heavy atom. The molecule has 0 aliphatic rings. The summed E-state index contributed by atoms with van der Waals surface area (Å²) in [5, 5.41) is 19.1. The summed E-state index contributed by atoms with van der Waals surface area (Å²) in [7, 11) is 0. The van der Waals surface area contributed by atoms with Crippen LogP contribution in [0.5, 0.6) is 0 Å². The number of H-pyrrole nitrogens is 1. The maximum absolute atomic E-state index is 4.88. The highest BCUT2D eigenvalue weighted by molar-refractivity contribution is 5.79. The molecule has 0 atom stereocenters. The van der Waals surface area contributed by atoms with Crippen molar-refractivity contribution in [1.29, 1.82) is 0 Å². The molecular formula is C24H30N8. The lowest BCUT2D eigenvalue weighted by molar-refractivity contribution is 0.532. The number of nitrogens with zero attached hydrogens (tertiary/aromatic N) is 7. The first-order valence-electron chi connectivity index (χ1n) is 11.2. The molecular weight excluding hydrogens is 400 g/mol. The van der Waals surface area contributed by atoms with E-state index in [1.807, 2.05) is 12.3 Å². The van der Waals surface area contributed by atoms with E-state index in [2.05, 4.69) is 82.3 Å². The summed E-state index contributed by atoms with van der Waals surface area (Å²) < 4.78 is 2.07. The van der Waals surface area contributed by atoms with E-state index in [1.165, 1.54) is 18.4 Å². The second-order valence-electron chi connectivity index (χ2n) is 9.08. The van der Waals surface area contributed by atoms with Crippen molar-refractivity contribution in [3.63, 3.8) is 0 Å². The van der Waals surface area contributed by atoms with Gasteiger partial charge in [-0.1, -0.05) is 64.8 Å². The van der Waals surface area contributed by atoms with Gasteiger partial charge in [0.15, 0.2) is 11.6 Å². The number of aryl methyl sites for hydroxylation is 1. The summed E-state index contributed by atoms with van der Waals surface area (Å²) in [5.74, 6) is 2.60. The Bertz CT molecular complexity index is 1140. The molecule has 0 saturated carbocycles. The van der Waals surface area contributed by atoms with Crippen LogP contribution in [-0.4, -0.2) is 40.4 Å². The van der Waals surface area contributed by atoms with Gasteiger partial charge >= 0.3 is 0 Å². The fraction of sp³-hybridized carbons (Fsp3) is 0.417. The Hall–Kier alpha value is -3.42. The van der Waals surface area contributed by atoms with E-state index in [4.69, 9.17) is 10.1 Å². The number of nitrogens with one attached hydrogen (secondary N) is 1. The Morgan fingerprint density at radius 2 is 1.81 bits per heavy atom. The molecule has 0 saturated heterocycles. The predicted octanol–water partition coefficient (Wildman–Crippen LogP) is 4.60. The van der Waals surface area contributed by atoms with Gasteiger partial charge in [-0.2, -0.15) is 5.10 Å². The fourth-order valence-electron chi connectivity index (χ4n) is 3.60. The number of hydrogen-bond acceptors (Lipinski definition) is 6. The van der Waals surface area contributed by atoms with Gasteiger partial charge in [0.1, 0.15) is 5.82 Å². The minimum absolute atomic E-state index is 0.0686. The average Bonchev–Trinajstić information content (AvgIpc) is 3.45. The molecule has 0 aliphatic heterocycles. The third-order valence-corrected chi connectivity index (χ3v) is 5.44. The molecule has 0 fully saturated rings. The van der Waals surface area contributed by atoms with Crippen LogP contribution in [0.3, 0.4) is 0 Å². The zero-order valence-corrected chi connectivity index (χ0v) is 19.2. The molecule has 32 heavy (non-hydrogen) atoms. The monoisotopic (exact) mass is 430 g/mol. The molecule has 1 aromatic carbocycles. The Labute approximate surface area is 188 Å². The summed E-state index contributed by atoms with van der Waals surface area (Å²) in [6.45, 7) is 9.41. The molecule has 8 nitrogen and oxygen atoms in total. The number of hydrogen-bond donors (Lipinski definition) is 1. The molecule has 0 amide bonds. The summed E-state index contributed by atoms with van der Waals surface area (Å²) in [4.78, 5) is 9.17. The zero-order valence-electron chi connectivity index (χ0n) is 19.2. The van der Waals surface area contributed by atoms with Crippen molar-refractivity contribution >= 4 is 0 Å². The standard InChI is InChI=1S/C24H30N8/c1-5-6-7-8-21-26-23(24(2,3)4)29-32(21)16-17-9-11-18(12-10-17)20-15-25-14-13-19(20)22-27-30-31-28-22/h9-15H,5-8,16H2,1-4H3,(H,27,28,30,31). The van der Waals surface area contributed by atoms with Crippen LogP contribution in [0.2, 0.25) is 0 Å². The van der Waals surface area contributed by atoms with Crippen LogP contribution >= 0.6 is 0 Å². The number of unbranched alkanes of at least 4 members (excludes halogenated alkanes) is 2. The second kappa shape index (κ2) is 9.38. The summed E-state index contributed by atoms with van der Waals surface area (Å²) in [6.07, 6.45) is 8.08. The lowest BCUT2D eigenvalue weighted by Crippen LogP contribution is -2.14. The van der Waals surface area contributed by atoms with Crippen LogP contribution in [0.25, 0.3) is 22.5 Å². The number of aromatic nitrogens is 8. The molecule has 0 unspecified atom stereocenters. The minimum atomic E-state index is -0.0686. The minimum Gasteiger partial charge on any atom is -0.264 e. The highest BCUT2D eigenvalue weighted by atomic mass is 15.5. The van der Waals surface area contributed by atoms with Crippen molar-refractivity contribution in [2.75, 3.05) is 0 Å². The quantitative estimate of drug-likeness (QED) is 0.410. The molecule has 1 N–H and O–H groups in total. The highest BCUT2D eigenvalue weighted by Gasteiger charge is 2.22. The maximum atomic E-state index is 4.88. The van der Waals surface area contributed by atoms with E-state index in [9.17, 15) is 0 Å². The van der Waals surface area contributed by atoms with E-state index >= 15 is 0 Å². The van der Waals surface area contributed by atoms with Crippen molar-refractivity contribution in [3.05, 3.63) is 59.9 Å². The van der Waals surface area contributed by atoms with E-state index in [0.717, 1.165) is 41.2 Å². The molecule has 166 valence electrons. The molecule has 0 radical (unpaired) electrons. The van der Waals surface area contributed by atoms with Gasteiger partial charge in [0, 0.05) is 35.4 Å². The zero-order chi connectivity index (χ0) is 22.6. The lowest BCUT2D eigenvalue weighted by atomic mass is 9.96. The number of benzene rings is 1. The third-order valence-electron chi connectivity index (χ3n) is 5.44. The van der Waals surface area contributed by atoms with Gasteiger partial charge in [0.2, 0.25) is 0 Å². The first kappa shape index (κ1) is 21.8. The van der Waals surface area contributed by atoms with E-state index in [0.29, 0.717) is 12.4 Å². The molecule has 8 heteroatoms.